The highest BCUT2D eigenvalue weighted by Crippen LogP contribution is 2.32. The number of rotatable bonds is 6. The molecule has 3 amide bonds. The second-order valence-corrected chi connectivity index (χ2v) is 8.34. The lowest BCUT2D eigenvalue weighted by Gasteiger charge is -2.21. The summed E-state index contributed by atoms with van der Waals surface area (Å²) in [6.07, 6.45) is 4.80. The number of ether oxygens (including phenoxy) is 1. The quantitative estimate of drug-likeness (QED) is 0.694. The number of imide groups is 1. The highest BCUT2D eigenvalue weighted by atomic mass is 32.2. The molecule has 2 unspecified atom stereocenters. The van der Waals surface area contributed by atoms with Gasteiger partial charge in [0.05, 0.1) is 17.9 Å². The van der Waals surface area contributed by atoms with E-state index >= 15 is 0 Å². The molecular formula is C21H28N3O4S+. The van der Waals surface area contributed by atoms with Crippen LogP contribution in [-0.4, -0.2) is 53.0 Å². The maximum Gasteiger partial charge on any atom is 0.413 e. The first kappa shape index (κ1) is 21.4. The van der Waals surface area contributed by atoms with Crippen molar-refractivity contribution in [2.45, 2.75) is 44.9 Å². The van der Waals surface area contributed by atoms with Gasteiger partial charge in [-0.05, 0) is 31.6 Å². The van der Waals surface area contributed by atoms with Gasteiger partial charge < -0.3 is 10.1 Å². The van der Waals surface area contributed by atoms with E-state index in [-0.39, 0.29) is 17.9 Å². The van der Waals surface area contributed by atoms with Crippen LogP contribution in [0.4, 0.5) is 10.5 Å². The molecule has 3 rings (SSSR count). The molecule has 1 fully saturated rings. The summed E-state index contributed by atoms with van der Waals surface area (Å²) >= 11 is 1.53. The minimum absolute atomic E-state index is 0.173. The molecule has 0 saturated carbocycles. The van der Waals surface area contributed by atoms with Gasteiger partial charge in [-0.2, -0.15) is 0 Å². The normalized spacial score (nSPS) is 20.4. The number of benzene rings is 1. The maximum absolute atomic E-state index is 13.1. The SMILES string of the molecule is CCC[N+]1=CCCc2c(C(=O)NC3SCCC3C(=O)NC(=O)OCC)cccc21. The zero-order valence-corrected chi connectivity index (χ0v) is 17.7. The van der Waals surface area contributed by atoms with Crippen molar-refractivity contribution < 1.29 is 23.7 Å². The summed E-state index contributed by atoms with van der Waals surface area (Å²) in [5.41, 5.74) is 2.80. The number of carbonyl (C=O) groups excluding carboxylic acids is 3. The standard InChI is InChI=1S/C21H27N3O4S/c1-3-11-24-12-6-8-14-15(7-5-9-17(14)24)18(25)22-20-16(10-13-29-20)19(26)23-21(27)28-4-2/h5,7,9,12,16,20H,3-4,6,8,10-11,13H2,1-2H3,(H-,22,23,25,26,27)/p+1. The van der Waals surface area contributed by atoms with Crippen LogP contribution in [0.1, 0.15) is 49.0 Å². The third-order valence-corrected chi connectivity index (χ3v) is 6.39. The third-order valence-electron chi connectivity index (χ3n) is 5.12. The van der Waals surface area contributed by atoms with E-state index in [1.54, 1.807) is 6.92 Å². The molecule has 156 valence electrons. The van der Waals surface area contributed by atoms with Gasteiger partial charge in [0.1, 0.15) is 12.8 Å². The lowest BCUT2D eigenvalue weighted by Crippen LogP contribution is -2.44. The zero-order chi connectivity index (χ0) is 20.8. The van der Waals surface area contributed by atoms with E-state index in [0.29, 0.717) is 12.0 Å². The molecule has 0 aliphatic carbocycles. The third kappa shape index (κ3) is 4.98. The predicted molar refractivity (Wildman–Crippen MR) is 113 cm³/mol. The van der Waals surface area contributed by atoms with Gasteiger partial charge >= 0.3 is 6.09 Å². The number of hydrogen-bond donors (Lipinski definition) is 2. The van der Waals surface area contributed by atoms with Gasteiger partial charge in [-0.3, -0.25) is 14.9 Å². The van der Waals surface area contributed by atoms with E-state index < -0.39 is 17.9 Å². The Morgan fingerprint density at radius 2 is 2.10 bits per heavy atom. The Labute approximate surface area is 175 Å². The van der Waals surface area contributed by atoms with Crippen molar-refractivity contribution in [3.63, 3.8) is 0 Å². The van der Waals surface area contributed by atoms with Gasteiger partial charge in [0.2, 0.25) is 11.6 Å². The van der Waals surface area contributed by atoms with E-state index in [0.717, 1.165) is 42.8 Å². The molecule has 2 N–H and O–H groups in total. The Kier molecular flexibility index (Phi) is 7.30. The number of nitrogens with one attached hydrogen (secondary N) is 2. The summed E-state index contributed by atoms with van der Waals surface area (Å²) in [6.45, 7) is 4.94. The summed E-state index contributed by atoms with van der Waals surface area (Å²) in [5.74, 6) is -0.290. The molecule has 2 atom stereocenters. The minimum Gasteiger partial charge on any atom is -0.450 e. The number of nitrogens with zero attached hydrogens (tertiary/aromatic N) is 1. The van der Waals surface area contributed by atoms with Crippen LogP contribution in [0.15, 0.2) is 18.2 Å². The molecule has 0 spiro atoms. The van der Waals surface area contributed by atoms with Crippen LogP contribution in [0.5, 0.6) is 0 Å². The molecule has 2 heterocycles. The summed E-state index contributed by atoms with van der Waals surface area (Å²) in [4.78, 5) is 37.0. The molecule has 0 radical (unpaired) electrons. The number of alkyl carbamates (subject to hydrolysis) is 1. The van der Waals surface area contributed by atoms with Gasteiger partial charge in [-0.15, -0.1) is 11.8 Å². The predicted octanol–water partition coefficient (Wildman–Crippen LogP) is 2.84. The van der Waals surface area contributed by atoms with Crippen LogP contribution in [0.2, 0.25) is 0 Å². The largest absolute Gasteiger partial charge is 0.450 e. The Morgan fingerprint density at radius 1 is 1.28 bits per heavy atom. The van der Waals surface area contributed by atoms with Crippen molar-refractivity contribution in [3.8, 4) is 0 Å². The lowest BCUT2D eigenvalue weighted by atomic mass is 9.97. The highest BCUT2D eigenvalue weighted by Gasteiger charge is 2.36. The topological polar surface area (TPSA) is 87.5 Å². The van der Waals surface area contributed by atoms with Crippen molar-refractivity contribution in [2.24, 2.45) is 5.92 Å². The first-order valence-electron chi connectivity index (χ1n) is 10.2. The molecule has 2 aliphatic heterocycles. The lowest BCUT2D eigenvalue weighted by molar-refractivity contribution is -0.439. The molecule has 2 aliphatic rings. The van der Waals surface area contributed by atoms with Gasteiger partial charge in [0.25, 0.3) is 5.91 Å². The van der Waals surface area contributed by atoms with E-state index in [1.165, 1.54) is 11.8 Å². The van der Waals surface area contributed by atoms with Crippen molar-refractivity contribution >= 4 is 41.6 Å². The van der Waals surface area contributed by atoms with Gasteiger partial charge in [-0.25, -0.2) is 9.37 Å². The second kappa shape index (κ2) is 9.91. The molecule has 1 aromatic rings. The molecule has 1 saturated heterocycles. The Hall–Kier alpha value is -2.35. The zero-order valence-electron chi connectivity index (χ0n) is 16.9. The molecule has 1 aromatic carbocycles. The first-order valence-corrected chi connectivity index (χ1v) is 11.2. The monoisotopic (exact) mass is 418 g/mol. The maximum atomic E-state index is 13.1. The highest BCUT2D eigenvalue weighted by molar-refractivity contribution is 8.00. The van der Waals surface area contributed by atoms with E-state index in [1.807, 2.05) is 12.1 Å². The summed E-state index contributed by atoms with van der Waals surface area (Å²) in [6, 6.07) is 5.80. The van der Waals surface area contributed by atoms with E-state index in [9.17, 15) is 14.4 Å². The van der Waals surface area contributed by atoms with Gasteiger partial charge in [0.15, 0.2) is 0 Å². The van der Waals surface area contributed by atoms with Crippen molar-refractivity contribution in [2.75, 3.05) is 18.9 Å². The number of amides is 3. The minimum atomic E-state index is -0.746. The molecule has 8 heteroatoms. The number of hydrogen-bond acceptors (Lipinski definition) is 5. The first-order chi connectivity index (χ1) is 14.0. The Morgan fingerprint density at radius 3 is 2.86 bits per heavy atom. The Balaban J connectivity index is 1.72. The summed E-state index contributed by atoms with van der Waals surface area (Å²) in [5, 5.41) is 4.90. The summed E-state index contributed by atoms with van der Waals surface area (Å²) in [7, 11) is 0. The fraction of sp³-hybridized carbons (Fsp3) is 0.524. The fourth-order valence-electron chi connectivity index (χ4n) is 3.80. The van der Waals surface area contributed by atoms with E-state index in [4.69, 9.17) is 4.74 Å². The number of thioether (sulfide) groups is 1. The molecular weight excluding hydrogens is 390 g/mol. The molecule has 0 bridgehead atoms. The number of carbonyl (C=O) groups is 3. The molecule has 29 heavy (non-hydrogen) atoms. The van der Waals surface area contributed by atoms with Crippen LogP contribution in [0.25, 0.3) is 0 Å². The second-order valence-electron chi connectivity index (χ2n) is 7.09. The average Bonchev–Trinajstić information content (AvgIpc) is 3.16. The Bertz CT molecular complexity index is 824. The smallest absolute Gasteiger partial charge is 0.413 e. The fourth-order valence-corrected chi connectivity index (χ4v) is 5.13. The summed E-state index contributed by atoms with van der Waals surface area (Å²) < 4.78 is 7.00. The van der Waals surface area contributed by atoms with Crippen LogP contribution in [0, 0.1) is 5.92 Å². The van der Waals surface area contributed by atoms with Gasteiger partial charge in [0, 0.05) is 30.0 Å². The van der Waals surface area contributed by atoms with Crippen LogP contribution in [-0.2, 0) is 16.0 Å². The van der Waals surface area contributed by atoms with Gasteiger partial charge in [-0.1, -0.05) is 13.0 Å². The van der Waals surface area contributed by atoms with Crippen LogP contribution < -0.4 is 10.6 Å². The van der Waals surface area contributed by atoms with Crippen LogP contribution >= 0.6 is 11.8 Å². The van der Waals surface area contributed by atoms with Crippen molar-refractivity contribution in [3.05, 3.63) is 29.3 Å². The van der Waals surface area contributed by atoms with Crippen molar-refractivity contribution in [1.82, 2.24) is 10.6 Å². The average molecular weight is 419 g/mol. The number of fused-ring (bicyclic) bond motifs is 1. The van der Waals surface area contributed by atoms with Crippen molar-refractivity contribution in [1.29, 1.82) is 0 Å². The molecule has 0 aromatic heterocycles. The van der Waals surface area contributed by atoms with Crippen LogP contribution in [0.3, 0.4) is 0 Å². The van der Waals surface area contributed by atoms with E-state index in [2.05, 4.69) is 34.4 Å². The molecule has 7 nitrogen and oxygen atoms in total.